The molecule has 3 N–H and O–H groups in total. The summed E-state index contributed by atoms with van der Waals surface area (Å²) in [5, 5.41) is 9.48. The van der Waals surface area contributed by atoms with Crippen molar-refractivity contribution < 1.29 is 0 Å². The first kappa shape index (κ1) is 27.9. The number of nitrogens with two attached hydrogens (primary N) is 1. The molecule has 200 valence electrons. The highest BCUT2D eigenvalue weighted by Gasteiger charge is 2.25. The van der Waals surface area contributed by atoms with E-state index in [-0.39, 0.29) is 0 Å². The molecule has 1 aliphatic rings. The van der Waals surface area contributed by atoms with Crippen LogP contribution in [0.5, 0.6) is 0 Å². The highest BCUT2D eigenvalue weighted by molar-refractivity contribution is 7.97. The number of piperazine rings is 1. The number of nitrogens with one attached hydrogen (secondary N) is 1. The van der Waals surface area contributed by atoms with Crippen LogP contribution in [0.4, 0.5) is 5.82 Å². The predicted octanol–water partition coefficient (Wildman–Crippen LogP) is 7.28. The molecule has 5 rings (SSSR count). The molecular formula is C30H37ClN6S. The number of rotatable bonds is 6. The summed E-state index contributed by atoms with van der Waals surface area (Å²) in [6.45, 7) is 16.0. The SMILES string of the molecule is C=C(CCC)N1CCN(C(=C)c2ccc3c(Cl)cc(-c4ccc5[nH]nc(N)c5c4)nc3c2)C(C)C1.CSC. The smallest absolute Gasteiger partial charge is 0.153 e. The van der Waals surface area contributed by atoms with E-state index < -0.39 is 0 Å². The van der Waals surface area contributed by atoms with Gasteiger partial charge in [0.25, 0.3) is 0 Å². The third-order valence-electron chi connectivity index (χ3n) is 6.94. The van der Waals surface area contributed by atoms with Crippen molar-refractivity contribution in [2.24, 2.45) is 0 Å². The summed E-state index contributed by atoms with van der Waals surface area (Å²) in [7, 11) is 0. The number of allylic oxidation sites excluding steroid dienone is 1. The van der Waals surface area contributed by atoms with E-state index in [1.807, 2.05) is 42.8 Å². The summed E-state index contributed by atoms with van der Waals surface area (Å²) in [5.74, 6) is 0.472. The number of halogens is 1. The van der Waals surface area contributed by atoms with Crippen LogP contribution in [0.25, 0.3) is 38.8 Å². The van der Waals surface area contributed by atoms with Crippen LogP contribution in [-0.2, 0) is 0 Å². The second-order valence-corrected chi connectivity index (χ2v) is 11.0. The lowest BCUT2D eigenvalue weighted by molar-refractivity contribution is 0.155. The second-order valence-electron chi connectivity index (χ2n) is 9.75. The van der Waals surface area contributed by atoms with E-state index in [0.29, 0.717) is 16.9 Å². The van der Waals surface area contributed by atoms with Crippen LogP contribution in [0, 0.1) is 0 Å². The number of anilines is 1. The van der Waals surface area contributed by atoms with Gasteiger partial charge in [-0.15, -0.1) is 0 Å². The van der Waals surface area contributed by atoms with Gasteiger partial charge in [0.05, 0.1) is 21.7 Å². The molecule has 1 unspecified atom stereocenters. The van der Waals surface area contributed by atoms with Gasteiger partial charge in [-0.2, -0.15) is 16.9 Å². The Labute approximate surface area is 234 Å². The molecule has 6 nitrogen and oxygen atoms in total. The Kier molecular flexibility index (Phi) is 8.90. The fourth-order valence-corrected chi connectivity index (χ4v) is 5.23. The molecule has 8 heteroatoms. The average Bonchev–Trinajstić information content (AvgIpc) is 3.28. The molecule has 0 spiro atoms. The zero-order valence-electron chi connectivity index (χ0n) is 22.7. The summed E-state index contributed by atoms with van der Waals surface area (Å²) in [5.41, 5.74) is 12.8. The maximum Gasteiger partial charge on any atom is 0.153 e. The van der Waals surface area contributed by atoms with Gasteiger partial charge in [0, 0.05) is 53.4 Å². The summed E-state index contributed by atoms with van der Waals surface area (Å²) in [4.78, 5) is 9.75. The first-order chi connectivity index (χ1) is 18.3. The lowest BCUT2D eigenvalue weighted by atomic mass is 10.0. The van der Waals surface area contributed by atoms with Gasteiger partial charge < -0.3 is 15.5 Å². The molecule has 1 atom stereocenters. The Morgan fingerprint density at radius 2 is 1.89 bits per heavy atom. The minimum absolute atomic E-state index is 0.343. The normalized spacial score (nSPS) is 15.4. The number of aromatic nitrogens is 3. The van der Waals surface area contributed by atoms with E-state index in [0.717, 1.165) is 76.8 Å². The molecule has 1 saturated heterocycles. The molecule has 0 radical (unpaired) electrons. The van der Waals surface area contributed by atoms with Gasteiger partial charge in [-0.25, -0.2) is 4.98 Å². The molecule has 1 aliphatic heterocycles. The summed E-state index contributed by atoms with van der Waals surface area (Å²) in [6.07, 6.45) is 6.26. The molecule has 0 amide bonds. The Balaban J connectivity index is 0.00000107. The van der Waals surface area contributed by atoms with Gasteiger partial charge in [-0.1, -0.05) is 56.3 Å². The zero-order valence-corrected chi connectivity index (χ0v) is 24.3. The Hall–Kier alpha value is -3.16. The Bertz CT molecular complexity index is 1460. The summed E-state index contributed by atoms with van der Waals surface area (Å²) >= 11 is 8.44. The van der Waals surface area contributed by atoms with E-state index in [1.54, 1.807) is 11.8 Å². The van der Waals surface area contributed by atoms with Crippen LogP contribution in [0.15, 0.2) is 61.3 Å². The minimum atomic E-state index is 0.343. The standard InChI is InChI=1S/C28H31ClN6.C2H6S/c1-5-6-17(2)34-11-12-35(18(3)16-34)19(4)20-7-9-22-24(29)15-26(31-27(22)14-20)21-8-10-25-23(13-21)28(30)33-32-25;1-3-2/h7-10,13-15,18H,2,4-6,11-12,16H2,1,3H3,(H3,30,32,33);1-2H3. The number of nitrogens with zero attached hydrogens (tertiary/aromatic N) is 4. The van der Waals surface area contributed by atoms with Crippen LogP contribution in [0.3, 0.4) is 0 Å². The van der Waals surface area contributed by atoms with Crippen LogP contribution in [-0.4, -0.2) is 63.2 Å². The third-order valence-corrected chi connectivity index (χ3v) is 7.25. The Morgan fingerprint density at radius 1 is 1.13 bits per heavy atom. The number of nitrogen functional groups attached to an aromatic ring is 1. The number of aromatic amines is 1. The average molecular weight is 549 g/mol. The third kappa shape index (κ3) is 5.79. The van der Waals surface area contributed by atoms with E-state index in [9.17, 15) is 0 Å². The van der Waals surface area contributed by atoms with Gasteiger partial charge >= 0.3 is 0 Å². The second kappa shape index (κ2) is 12.1. The molecule has 0 aliphatic carbocycles. The zero-order chi connectivity index (χ0) is 27.4. The first-order valence-electron chi connectivity index (χ1n) is 12.9. The van der Waals surface area contributed by atoms with Crippen molar-refractivity contribution in [3.8, 4) is 11.3 Å². The molecule has 3 heterocycles. The largest absolute Gasteiger partial charge is 0.382 e. The lowest BCUT2D eigenvalue weighted by Crippen LogP contribution is -2.50. The van der Waals surface area contributed by atoms with Gasteiger partial charge in [0.2, 0.25) is 0 Å². The molecule has 38 heavy (non-hydrogen) atoms. The van der Waals surface area contributed by atoms with Crippen molar-refractivity contribution in [3.05, 3.63) is 71.9 Å². The predicted molar refractivity (Wildman–Crippen MR) is 167 cm³/mol. The van der Waals surface area contributed by atoms with Crippen molar-refractivity contribution >= 4 is 56.7 Å². The number of thioether (sulfide) groups is 1. The van der Waals surface area contributed by atoms with Crippen molar-refractivity contribution in [1.29, 1.82) is 0 Å². The molecule has 2 aromatic heterocycles. The Morgan fingerprint density at radius 3 is 2.61 bits per heavy atom. The fourth-order valence-electron chi connectivity index (χ4n) is 4.97. The van der Waals surface area contributed by atoms with E-state index in [2.05, 4.69) is 59.1 Å². The van der Waals surface area contributed by atoms with Crippen LogP contribution in [0.1, 0.15) is 32.3 Å². The van der Waals surface area contributed by atoms with Crippen molar-refractivity contribution in [1.82, 2.24) is 25.0 Å². The first-order valence-corrected chi connectivity index (χ1v) is 14.9. The maximum absolute atomic E-state index is 6.69. The molecule has 0 bridgehead atoms. The van der Waals surface area contributed by atoms with Crippen molar-refractivity contribution in [3.63, 3.8) is 0 Å². The molecule has 1 fully saturated rings. The van der Waals surface area contributed by atoms with Crippen LogP contribution in [0.2, 0.25) is 5.02 Å². The van der Waals surface area contributed by atoms with Crippen LogP contribution >= 0.6 is 23.4 Å². The maximum atomic E-state index is 6.69. The minimum Gasteiger partial charge on any atom is -0.382 e. The van der Waals surface area contributed by atoms with Gasteiger partial charge in [-0.3, -0.25) is 5.10 Å². The molecule has 0 saturated carbocycles. The van der Waals surface area contributed by atoms with Crippen molar-refractivity contribution in [2.75, 3.05) is 37.9 Å². The van der Waals surface area contributed by atoms with E-state index in [1.165, 1.54) is 5.70 Å². The quantitative estimate of drug-likeness (QED) is 0.263. The highest BCUT2D eigenvalue weighted by Crippen LogP contribution is 2.33. The summed E-state index contributed by atoms with van der Waals surface area (Å²) < 4.78 is 0. The number of pyridine rings is 1. The van der Waals surface area contributed by atoms with Gasteiger partial charge in [0.15, 0.2) is 5.82 Å². The highest BCUT2D eigenvalue weighted by atomic mass is 35.5. The molecule has 4 aromatic rings. The fraction of sp³-hybridized carbons (Fsp3) is 0.333. The van der Waals surface area contributed by atoms with E-state index in [4.69, 9.17) is 22.3 Å². The summed E-state index contributed by atoms with van der Waals surface area (Å²) in [6, 6.07) is 14.4. The number of benzene rings is 2. The number of hydrogen-bond acceptors (Lipinski definition) is 6. The van der Waals surface area contributed by atoms with Crippen molar-refractivity contribution in [2.45, 2.75) is 32.7 Å². The van der Waals surface area contributed by atoms with Gasteiger partial charge in [-0.05, 0) is 55.7 Å². The topological polar surface area (TPSA) is 74.1 Å². The molecular weight excluding hydrogens is 512 g/mol. The molecule has 2 aromatic carbocycles. The number of hydrogen-bond donors (Lipinski definition) is 2. The van der Waals surface area contributed by atoms with E-state index >= 15 is 0 Å². The number of fused-ring (bicyclic) bond motifs is 2. The van der Waals surface area contributed by atoms with Crippen LogP contribution < -0.4 is 5.73 Å². The monoisotopic (exact) mass is 548 g/mol. The number of H-pyrrole nitrogens is 1. The van der Waals surface area contributed by atoms with Gasteiger partial charge in [0.1, 0.15) is 0 Å². The lowest BCUT2D eigenvalue weighted by Gasteiger charge is -2.43.